The summed E-state index contributed by atoms with van der Waals surface area (Å²) in [6.07, 6.45) is 4.47. The molecule has 1 amide bonds. The fourth-order valence-corrected chi connectivity index (χ4v) is 5.30. The highest BCUT2D eigenvalue weighted by Crippen LogP contribution is 2.23. The molecule has 31 heavy (non-hydrogen) atoms. The monoisotopic (exact) mass is 451 g/mol. The summed E-state index contributed by atoms with van der Waals surface area (Å²) in [5.74, 6) is -0.581. The van der Waals surface area contributed by atoms with Crippen LogP contribution in [0.3, 0.4) is 0 Å². The lowest BCUT2D eigenvalue weighted by atomic mass is 10.1. The molecule has 1 aromatic heterocycles. The molecule has 1 aliphatic heterocycles. The van der Waals surface area contributed by atoms with Crippen molar-refractivity contribution >= 4 is 26.8 Å². The number of benzene rings is 1. The average molecular weight is 452 g/mol. The number of hydrogen-bond donors (Lipinski definition) is 1. The van der Waals surface area contributed by atoms with Crippen LogP contribution in [-0.4, -0.2) is 63.3 Å². The van der Waals surface area contributed by atoms with Gasteiger partial charge in [-0.15, -0.1) is 0 Å². The van der Waals surface area contributed by atoms with Gasteiger partial charge in [-0.3, -0.25) is 9.59 Å². The number of nitrogens with one attached hydrogen (secondary N) is 1. The summed E-state index contributed by atoms with van der Waals surface area (Å²) in [5, 5.41) is 2.79. The van der Waals surface area contributed by atoms with Crippen molar-refractivity contribution in [1.82, 2.24) is 14.2 Å². The number of fused-ring (bicyclic) bond motifs is 1. The third kappa shape index (κ3) is 4.98. The number of aryl methyl sites for hydroxylation is 1. The van der Waals surface area contributed by atoms with Crippen molar-refractivity contribution in [2.75, 3.05) is 33.9 Å². The summed E-state index contributed by atoms with van der Waals surface area (Å²) < 4.78 is 39.5. The van der Waals surface area contributed by atoms with Crippen molar-refractivity contribution in [3.8, 4) is 0 Å². The van der Waals surface area contributed by atoms with Crippen molar-refractivity contribution in [3.63, 3.8) is 0 Å². The van der Waals surface area contributed by atoms with E-state index in [0.29, 0.717) is 18.6 Å². The minimum absolute atomic E-state index is 0.0652. The SMILES string of the molecule is COC(CNC(=O)c1cn(C)c2ccc(S(=O)(=O)N3CCCCCC3)cc2c1=O)OC. The van der Waals surface area contributed by atoms with Crippen LogP contribution >= 0.6 is 0 Å². The normalized spacial score (nSPS) is 15.9. The Bertz CT molecular complexity index is 1100. The maximum atomic E-state index is 13.2. The van der Waals surface area contributed by atoms with Gasteiger partial charge in [0, 0.05) is 45.9 Å². The van der Waals surface area contributed by atoms with Crippen molar-refractivity contribution in [1.29, 1.82) is 0 Å². The molecule has 9 nitrogen and oxygen atoms in total. The van der Waals surface area contributed by atoms with Gasteiger partial charge in [0.1, 0.15) is 5.56 Å². The zero-order valence-corrected chi connectivity index (χ0v) is 18.9. The Hall–Kier alpha value is -2.27. The van der Waals surface area contributed by atoms with E-state index in [9.17, 15) is 18.0 Å². The quantitative estimate of drug-likeness (QED) is 0.639. The predicted molar refractivity (Wildman–Crippen MR) is 117 cm³/mol. The lowest BCUT2D eigenvalue weighted by Crippen LogP contribution is -2.36. The minimum Gasteiger partial charge on any atom is -0.354 e. The van der Waals surface area contributed by atoms with Crippen LogP contribution in [0.1, 0.15) is 36.0 Å². The van der Waals surface area contributed by atoms with Crippen molar-refractivity contribution in [2.45, 2.75) is 36.9 Å². The molecule has 10 heteroatoms. The molecule has 2 aromatic rings. The van der Waals surface area contributed by atoms with Crippen LogP contribution in [0.5, 0.6) is 0 Å². The van der Waals surface area contributed by atoms with Gasteiger partial charge in [-0.25, -0.2) is 8.42 Å². The van der Waals surface area contributed by atoms with Crippen LogP contribution in [0.25, 0.3) is 10.9 Å². The van der Waals surface area contributed by atoms with Gasteiger partial charge in [0.05, 0.1) is 17.0 Å². The zero-order chi connectivity index (χ0) is 22.6. The van der Waals surface area contributed by atoms with Crippen molar-refractivity contribution in [3.05, 3.63) is 40.2 Å². The topological polar surface area (TPSA) is 107 Å². The summed E-state index contributed by atoms with van der Waals surface area (Å²) >= 11 is 0. The van der Waals surface area contributed by atoms with Gasteiger partial charge in [0.15, 0.2) is 6.29 Å². The van der Waals surface area contributed by atoms with Gasteiger partial charge in [0.2, 0.25) is 15.5 Å². The summed E-state index contributed by atoms with van der Waals surface area (Å²) in [7, 11) is 0.879. The molecular formula is C21H29N3O6S. The first-order valence-corrected chi connectivity index (χ1v) is 11.7. The number of nitrogens with zero attached hydrogens (tertiary/aromatic N) is 2. The Morgan fingerprint density at radius 2 is 1.77 bits per heavy atom. The van der Waals surface area contributed by atoms with E-state index in [0.717, 1.165) is 25.7 Å². The van der Waals surface area contributed by atoms with E-state index < -0.39 is 27.6 Å². The van der Waals surface area contributed by atoms with Crippen LogP contribution in [0.2, 0.25) is 0 Å². The Balaban J connectivity index is 1.99. The van der Waals surface area contributed by atoms with Crippen LogP contribution in [0.15, 0.2) is 34.1 Å². The molecular weight excluding hydrogens is 422 g/mol. The molecule has 170 valence electrons. The average Bonchev–Trinajstić information content (AvgIpc) is 3.06. The smallest absolute Gasteiger partial charge is 0.256 e. The third-order valence-corrected chi connectivity index (χ3v) is 7.46. The maximum absolute atomic E-state index is 13.2. The van der Waals surface area contributed by atoms with Gasteiger partial charge < -0.3 is 19.4 Å². The first kappa shape index (κ1) is 23.4. The molecule has 0 unspecified atom stereocenters. The minimum atomic E-state index is -3.72. The van der Waals surface area contributed by atoms with E-state index in [1.165, 1.54) is 36.9 Å². The first-order valence-electron chi connectivity index (χ1n) is 10.3. The standard InChI is InChI=1S/C21H29N3O6S/c1-23-14-17(21(26)22-13-19(29-2)30-3)20(25)16-12-15(8-9-18(16)23)31(27,28)24-10-6-4-5-7-11-24/h8-9,12,14,19H,4-7,10-11,13H2,1-3H3,(H,22,26). The van der Waals surface area contributed by atoms with Gasteiger partial charge in [-0.1, -0.05) is 12.8 Å². The Labute approximate surface area is 182 Å². The molecule has 0 aliphatic carbocycles. The predicted octanol–water partition coefficient (Wildman–Crippen LogP) is 1.45. The molecule has 0 radical (unpaired) electrons. The fourth-order valence-electron chi connectivity index (χ4n) is 3.76. The molecule has 0 bridgehead atoms. The second kappa shape index (κ2) is 9.90. The number of amides is 1. The van der Waals surface area contributed by atoms with Crippen LogP contribution in [0, 0.1) is 0 Å². The van der Waals surface area contributed by atoms with E-state index in [1.807, 2.05) is 0 Å². The molecule has 0 spiro atoms. The summed E-state index contributed by atoms with van der Waals surface area (Å²) in [4.78, 5) is 25.7. The van der Waals surface area contributed by atoms with Gasteiger partial charge >= 0.3 is 0 Å². The molecule has 0 saturated carbocycles. The Morgan fingerprint density at radius 3 is 2.39 bits per heavy atom. The maximum Gasteiger partial charge on any atom is 0.256 e. The molecule has 1 aromatic carbocycles. The number of carbonyl (C=O) groups excluding carboxylic acids is 1. The Kier molecular flexibility index (Phi) is 7.47. The number of carbonyl (C=O) groups is 1. The lowest BCUT2D eigenvalue weighted by molar-refractivity contribution is -0.0974. The first-order chi connectivity index (χ1) is 14.8. The number of sulfonamides is 1. The van der Waals surface area contributed by atoms with Crippen LogP contribution in [0.4, 0.5) is 0 Å². The fraction of sp³-hybridized carbons (Fsp3) is 0.524. The largest absolute Gasteiger partial charge is 0.354 e. The molecule has 1 N–H and O–H groups in total. The molecule has 1 aliphatic rings. The van der Waals surface area contributed by atoms with Gasteiger partial charge in [0.25, 0.3) is 5.91 Å². The van der Waals surface area contributed by atoms with E-state index >= 15 is 0 Å². The number of methoxy groups -OCH3 is 2. The summed E-state index contributed by atoms with van der Waals surface area (Å²) in [5.41, 5.74) is -0.0572. The second-order valence-corrected chi connectivity index (χ2v) is 9.53. The second-order valence-electron chi connectivity index (χ2n) is 7.59. The van der Waals surface area contributed by atoms with Crippen molar-refractivity contribution < 1.29 is 22.7 Å². The van der Waals surface area contributed by atoms with E-state index in [-0.39, 0.29) is 22.4 Å². The van der Waals surface area contributed by atoms with Gasteiger partial charge in [-0.2, -0.15) is 4.31 Å². The molecule has 1 saturated heterocycles. The van der Waals surface area contributed by atoms with E-state index in [4.69, 9.17) is 9.47 Å². The Morgan fingerprint density at radius 1 is 1.13 bits per heavy atom. The van der Waals surface area contributed by atoms with Gasteiger partial charge in [-0.05, 0) is 31.0 Å². The van der Waals surface area contributed by atoms with Crippen molar-refractivity contribution in [2.24, 2.45) is 7.05 Å². The number of ether oxygens (including phenoxy) is 2. The summed E-state index contributed by atoms with van der Waals surface area (Å²) in [6, 6.07) is 4.50. The number of pyridine rings is 1. The highest BCUT2D eigenvalue weighted by atomic mass is 32.2. The number of hydrogen-bond acceptors (Lipinski definition) is 6. The highest BCUT2D eigenvalue weighted by molar-refractivity contribution is 7.89. The molecule has 0 atom stereocenters. The lowest BCUT2D eigenvalue weighted by Gasteiger charge is -2.20. The highest BCUT2D eigenvalue weighted by Gasteiger charge is 2.26. The zero-order valence-electron chi connectivity index (χ0n) is 18.1. The van der Waals surface area contributed by atoms with Crippen LogP contribution in [-0.2, 0) is 26.5 Å². The molecule has 2 heterocycles. The van der Waals surface area contributed by atoms with Crippen LogP contribution < -0.4 is 10.7 Å². The van der Waals surface area contributed by atoms with E-state index in [2.05, 4.69) is 5.32 Å². The van der Waals surface area contributed by atoms with E-state index in [1.54, 1.807) is 17.7 Å². The number of aromatic nitrogens is 1. The number of rotatable bonds is 7. The summed E-state index contributed by atoms with van der Waals surface area (Å²) in [6.45, 7) is 1.01. The molecule has 1 fully saturated rings. The molecule has 3 rings (SSSR count). The third-order valence-electron chi connectivity index (χ3n) is 5.56.